The second-order valence-corrected chi connectivity index (χ2v) is 4.76. The summed E-state index contributed by atoms with van der Waals surface area (Å²) in [5, 5.41) is 17.9. The van der Waals surface area contributed by atoms with E-state index in [9.17, 15) is 5.11 Å². The molecule has 1 aliphatic rings. The van der Waals surface area contributed by atoms with Gasteiger partial charge in [0.25, 0.3) is 0 Å². The minimum absolute atomic E-state index is 0.243. The molecule has 0 radical (unpaired) electrons. The fourth-order valence-electron chi connectivity index (χ4n) is 2.27. The van der Waals surface area contributed by atoms with Crippen molar-refractivity contribution < 1.29 is 5.11 Å². The largest absolute Gasteiger partial charge is 0.392 e. The monoisotopic (exact) mass is 225 g/mol. The number of nitrogens with zero attached hydrogens (tertiary/aromatic N) is 3. The van der Waals surface area contributed by atoms with E-state index in [1.807, 2.05) is 6.92 Å². The van der Waals surface area contributed by atoms with Crippen LogP contribution in [0.5, 0.6) is 0 Å². The van der Waals surface area contributed by atoms with Gasteiger partial charge in [-0.1, -0.05) is 0 Å². The summed E-state index contributed by atoms with van der Waals surface area (Å²) >= 11 is 0. The van der Waals surface area contributed by atoms with Crippen molar-refractivity contribution in [1.29, 1.82) is 5.26 Å². The lowest BCUT2D eigenvalue weighted by atomic mass is 10.1. The first-order valence-electron chi connectivity index (χ1n) is 6.15. The molecule has 1 rings (SSSR count). The van der Waals surface area contributed by atoms with Gasteiger partial charge in [0.05, 0.1) is 12.2 Å². The van der Waals surface area contributed by atoms with Crippen LogP contribution in [-0.2, 0) is 0 Å². The highest BCUT2D eigenvalue weighted by Gasteiger charge is 2.23. The summed E-state index contributed by atoms with van der Waals surface area (Å²) in [5.41, 5.74) is 0. The Morgan fingerprint density at radius 3 is 2.81 bits per heavy atom. The third kappa shape index (κ3) is 4.48. The van der Waals surface area contributed by atoms with Crippen LogP contribution in [0.2, 0.25) is 0 Å². The Labute approximate surface area is 98.5 Å². The molecular weight excluding hydrogens is 202 g/mol. The molecule has 16 heavy (non-hydrogen) atoms. The molecule has 0 bridgehead atoms. The van der Waals surface area contributed by atoms with Gasteiger partial charge in [-0.15, -0.1) is 0 Å². The molecular formula is C12H23N3O. The van der Waals surface area contributed by atoms with E-state index in [4.69, 9.17) is 5.26 Å². The number of aliphatic hydroxyl groups excluding tert-OH is 1. The number of hydrogen-bond acceptors (Lipinski definition) is 4. The lowest BCUT2D eigenvalue weighted by molar-refractivity contribution is 0.0449. The lowest BCUT2D eigenvalue weighted by Gasteiger charge is -2.40. The van der Waals surface area contributed by atoms with E-state index in [1.165, 1.54) is 0 Å². The zero-order chi connectivity index (χ0) is 12.0. The van der Waals surface area contributed by atoms with Gasteiger partial charge in [0.2, 0.25) is 0 Å². The van der Waals surface area contributed by atoms with Crippen molar-refractivity contribution in [2.75, 3.05) is 32.7 Å². The predicted octanol–water partition coefficient (Wildman–Crippen LogP) is 0.677. The van der Waals surface area contributed by atoms with Gasteiger partial charge in [-0.05, 0) is 26.8 Å². The molecule has 1 heterocycles. The third-order valence-electron chi connectivity index (χ3n) is 3.11. The molecule has 0 amide bonds. The second kappa shape index (κ2) is 6.85. The van der Waals surface area contributed by atoms with Crippen LogP contribution in [0.1, 0.15) is 26.7 Å². The Bertz CT molecular complexity index is 237. The summed E-state index contributed by atoms with van der Waals surface area (Å²) in [7, 11) is 0. The molecule has 4 heteroatoms. The van der Waals surface area contributed by atoms with Crippen molar-refractivity contribution in [3.05, 3.63) is 0 Å². The molecule has 0 aromatic heterocycles. The Hall–Kier alpha value is -0.630. The Balaban J connectivity index is 2.25. The normalized spacial score (nSPS) is 25.2. The smallest absolute Gasteiger partial charge is 0.0639 e. The molecule has 92 valence electrons. The summed E-state index contributed by atoms with van der Waals surface area (Å²) in [6.07, 6.45) is 1.38. The van der Waals surface area contributed by atoms with Crippen LogP contribution in [0.3, 0.4) is 0 Å². The Morgan fingerprint density at radius 1 is 1.50 bits per heavy atom. The maximum absolute atomic E-state index is 9.37. The van der Waals surface area contributed by atoms with Crippen LogP contribution < -0.4 is 0 Å². The molecule has 1 fully saturated rings. The fraction of sp³-hybridized carbons (Fsp3) is 0.917. The first kappa shape index (κ1) is 13.4. The van der Waals surface area contributed by atoms with Crippen molar-refractivity contribution in [3.8, 4) is 6.07 Å². The van der Waals surface area contributed by atoms with Gasteiger partial charge < -0.3 is 10.0 Å². The van der Waals surface area contributed by atoms with E-state index < -0.39 is 0 Å². The number of hydrogen-bond donors (Lipinski definition) is 1. The maximum Gasteiger partial charge on any atom is 0.0639 e. The van der Waals surface area contributed by atoms with Crippen LogP contribution in [0.15, 0.2) is 0 Å². The van der Waals surface area contributed by atoms with E-state index >= 15 is 0 Å². The number of unbranched alkanes of at least 4 members (excludes halogenated alkanes) is 1. The average Bonchev–Trinajstić information content (AvgIpc) is 2.22. The maximum atomic E-state index is 9.37. The van der Waals surface area contributed by atoms with Gasteiger partial charge in [0, 0.05) is 38.6 Å². The standard InChI is InChI=1S/C12H23N3O/c1-11-9-14(6-4-3-5-13)7-8-15(11)10-12(2)16/h11-12,16H,3-4,6-10H2,1-2H3/t11-,12+/m0/s1. The first-order valence-corrected chi connectivity index (χ1v) is 6.15. The van der Waals surface area contributed by atoms with Crippen molar-refractivity contribution in [3.63, 3.8) is 0 Å². The zero-order valence-electron chi connectivity index (χ0n) is 10.4. The highest BCUT2D eigenvalue weighted by molar-refractivity contribution is 4.80. The summed E-state index contributed by atoms with van der Waals surface area (Å²) in [6, 6.07) is 2.69. The first-order chi connectivity index (χ1) is 7.63. The Kier molecular flexibility index (Phi) is 5.75. The number of rotatable bonds is 5. The summed E-state index contributed by atoms with van der Waals surface area (Å²) in [5.74, 6) is 0. The zero-order valence-corrected chi connectivity index (χ0v) is 10.4. The SMILES string of the molecule is C[C@@H](O)CN1CCN(CCCC#N)C[C@@H]1C. The lowest BCUT2D eigenvalue weighted by Crippen LogP contribution is -2.53. The number of piperazine rings is 1. The van der Waals surface area contributed by atoms with E-state index in [1.54, 1.807) is 0 Å². The highest BCUT2D eigenvalue weighted by atomic mass is 16.3. The van der Waals surface area contributed by atoms with Gasteiger partial charge in [-0.3, -0.25) is 4.90 Å². The molecule has 0 spiro atoms. The van der Waals surface area contributed by atoms with Crippen molar-refractivity contribution in [2.45, 2.75) is 38.8 Å². The van der Waals surface area contributed by atoms with E-state index in [0.29, 0.717) is 12.5 Å². The summed E-state index contributed by atoms with van der Waals surface area (Å²) in [6.45, 7) is 8.98. The number of nitriles is 1. The number of β-amino-alcohol motifs (C(OH)–C–C–N with tert-alkyl or cyclic N) is 1. The minimum atomic E-state index is -0.243. The van der Waals surface area contributed by atoms with Gasteiger partial charge >= 0.3 is 0 Å². The van der Waals surface area contributed by atoms with Gasteiger partial charge in [-0.2, -0.15) is 5.26 Å². The van der Waals surface area contributed by atoms with Gasteiger partial charge in [0.1, 0.15) is 0 Å². The van der Waals surface area contributed by atoms with E-state index in [-0.39, 0.29) is 6.10 Å². The quantitative estimate of drug-likeness (QED) is 0.699. The molecule has 0 aromatic rings. The molecule has 1 saturated heterocycles. The average molecular weight is 225 g/mol. The predicted molar refractivity (Wildman–Crippen MR) is 64.0 cm³/mol. The van der Waals surface area contributed by atoms with E-state index in [2.05, 4.69) is 22.8 Å². The Morgan fingerprint density at radius 2 is 2.25 bits per heavy atom. The topological polar surface area (TPSA) is 50.5 Å². The summed E-state index contributed by atoms with van der Waals surface area (Å²) in [4.78, 5) is 4.76. The van der Waals surface area contributed by atoms with Crippen LogP contribution in [0, 0.1) is 11.3 Å². The van der Waals surface area contributed by atoms with Crippen LogP contribution >= 0.6 is 0 Å². The molecule has 4 nitrogen and oxygen atoms in total. The van der Waals surface area contributed by atoms with Crippen molar-refractivity contribution in [1.82, 2.24) is 9.80 Å². The molecule has 1 aliphatic heterocycles. The highest BCUT2D eigenvalue weighted by Crippen LogP contribution is 2.10. The summed E-state index contributed by atoms with van der Waals surface area (Å²) < 4.78 is 0. The molecule has 0 aromatic carbocycles. The van der Waals surface area contributed by atoms with Gasteiger partial charge in [-0.25, -0.2) is 0 Å². The van der Waals surface area contributed by atoms with Crippen molar-refractivity contribution in [2.24, 2.45) is 0 Å². The fourth-order valence-corrected chi connectivity index (χ4v) is 2.27. The second-order valence-electron chi connectivity index (χ2n) is 4.76. The van der Waals surface area contributed by atoms with Gasteiger partial charge in [0.15, 0.2) is 0 Å². The van der Waals surface area contributed by atoms with Crippen LogP contribution in [0.25, 0.3) is 0 Å². The molecule has 0 unspecified atom stereocenters. The molecule has 1 N–H and O–H groups in total. The molecule has 2 atom stereocenters. The number of aliphatic hydroxyl groups is 1. The van der Waals surface area contributed by atoms with E-state index in [0.717, 1.165) is 39.1 Å². The third-order valence-corrected chi connectivity index (χ3v) is 3.11. The van der Waals surface area contributed by atoms with Crippen LogP contribution in [0.4, 0.5) is 0 Å². The molecule has 0 aliphatic carbocycles. The van der Waals surface area contributed by atoms with Crippen molar-refractivity contribution >= 4 is 0 Å². The minimum Gasteiger partial charge on any atom is -0.392 e. The van der Waals surface area contributed by atoms with Crippen LogP contribution in [-0.4, -0.2) is 59.8 Å². The molecule has 0 saturated carbocycles.